The molecule has 26 atom stereocenters. The molecule has 0 spiro atoms. The Balaban J connectivity index is 1.53. The lowest BCUT2D eigenvalue weighted by Gasteiger charge is -2.51. The summed E-state index contributed by atoms with van der Waals surface area (Å²) in [7, 11) is 0. The highest BCUT2D eigenvalue weighted by Crippen LogP contribution is 2.38. The van der Waals surface area contributed by atoms with Crippen LogP contribution < -0.4 is 16.0 Å². The van der Waals surface area contributed by atoms with E-state index >= 15 is 0 Å². The molecule has 0 aromatic carbocycles. The number of amides is 3. The average molecular weight is 1020 g/mol. The molecule has 5 aliphatic rings. The van der Waals surface area contributed by atoms with E-state index in [0.29, 0.717) is 0 Å². The molecule has 5 saturated heterocycles. The molecule has 5 heterocycles. The van der Waals surface area contributed by atoms with Gasteiger partial charge >= 0.3 is 5.97 Å². The predicted octanol–water partition coefficient (Wildman–Crippen LogP) is -11.3. The maximum Gasteiger partial charge on any atom is 0.364 e. The molecule has 3 amide bonds. The Morgan fingerprint density at radius 1 is 0.600 bits per heavy atom. The van der Waals surface area contributed by atoms with Gasteiger partial charge in [-0.05, 0) is 6.92 Å². The molecule has 31 nitrogen and oxygen atoms in total. The Hall–Kier alpha value is -3.04. The second-order valence-corrected chi connectivity index (χ2v) is 17.6. The molecule has 0 aromatic heterocycles. The van der Waals surface area contributed by atoms with Gasteiger partial charge < -0.3 is 135 Å². The van der Waals surface area contributed by atoms with Crippen LogP contribution in [0, 0.1) is 0 Å². The number of carboxylic acids is 1. The third-order valence-corrected chi connectivity index (χ3v) is 12.5. The molecule has 70 heavy (non-hydrogen) atoms. The lowest BCUT2D eigenvalue weighted by Crippen LogP contribution is -2.71. The first-order valence-corrected chi connectivity index (χ1v) is 22.1. The van der Waals surface area contributed by atoms with Crippen molar-refractivity contribution in [3.8, 4) is 0 Å². The third kappa shape index (κ3) is 12.6. The minimum atomic E-state index is -3.00. The van der Waals surface area contributed by atoms with Crippen molar-refractivity contribution in [3.05, 3.63) is 0 Å². The second-order valence-electron chi connectivity index (χ2n) is 17.6. The van der Waals surface area contributed by atoms with Crippen LogP contribution in [0.2, 0.25) is 0 Å². The molecule has 5 fully saturated rings. The van der Waals surface area contributed by atoms with Gasteiger partial charge in [-0.15, -0.1) is 0 Å². The highest BCUT2D eigenvalue weighted by molar-refractivity contribution is 5.77. The van der Waals surface area contributed by atoms with Crippen molar-refractivity contribution in [2.45, 2.75) is 193 Å². The number of ether oxygens (including phenoxy) is 9. The van der Waals surface area contributed by atoms with E-state index in [0.717, 1.165) is 20.8 Å². The first-order valence-electron chi connectivity index (χ1n) is 22.1. The summed E-state index contributed by atoms with van der Waals surface area (Å²) in [6, 6.07) is -5.10. The van der Waals surface area contributed by atoms with Crippen molar-refractivity contribution in [1.82, 2.24) is 16.0 Å². The van der Waals surface area contributed by atoms with Crippen molar-refractivity contribution >= 4 is 23.7 Å². The summed E-state index contributed by atoms with van der Waals surface area (Å²) in [6.45, 7) is 0.0798. The fourth-order valence-corrected chi connectivity index (χ4v) is 8.74. The van der Waals surface area contributed by atoms with Crippen LogP contribution in [-0.2, 0) is 61.8 Å². The van der Waals surface area contributed by atoms with Gasteiger partial charge in [0.2, 0.25) is 17.7 Å². The van der Waals surface area contributed by atoms with E-state index in [1.54, 1.807) is 0 Å². The minimum absolute atomic E-state index is 0.786. The van der Waals surface area contributed by atoms with Gasteiger partial charge in [0.25, 0.3) is 5.79 Å². The number of carboxylic acid groups (broad SMARTS) is 1. The molecule has 5 aliphatic heterocycles. The van der Waals surface area contributed by atoms with E-state index in [9.17, 15) is 95.8 Å². The van der Waals surface area contributed by atoms with Crippen LogP contribution in [0.25, 0.3) is 0 Å². The molecule has 0 unspecified atom stereocenters. The van der Waals surface area contributed by atoms with Crippen LogP contribution >= 0.6 is 0 Å². The van der Waals surface area contributed by atoms with Crippen LogP contribution in [0.15, 0.2) is 0 Å². The number of nitrogens with one attached hydrogen (secondary N) is 3. The lowest BCUT2D eigenvalue weighted by atomic mass is 9.88. The van der Waals surface area contributed by atoms with Crippen molar-refractivity contribution in [2.24, 2.45) is 0 Å². The topological polar surface area (TPSA) is 491 Å². The smallest absolute Gasteiger partial charge is 0.364 e. The Morgan fingerprint density at radius 2 is 1.13 bits per heavy atom. The number of hydrogen-bond acceptors (Lipinski definition) is 27. The molecule has 0 radical (unpaired) electrons. The van der Waals surface area contributed by atoms with E-state index in [-0.39, 0.29) is 0 Å². The van der Waals surface area contributed by atoms with Gasteiger partial charge in [-0.3, -0.25) is 14.4 Å². The number of hydrogen-bond donors (Lipinski definition) is 18. The van der Waals surface area contributed by atoms with Gasteiger partial charge in [-0.1, -0.05) is 0 Å². The van der Waals surface area contributed by atoms with Gasteiger partial charge in [0.1, 0.15) is 110 Å². The van der Waals surface area contributed by atoms with Gasteiger partial charge in [0, 0.05) is 27.2 Å². The largest absolute Gasteiger partial charge is 0.477 e. The first kappa shape index (κ1) is 57.9. The zero-order valence-electron chi connectivity index (χ0n) is 38.0. The summed E-state index contributed by atoms with van der Waals surface area (Å²) in [6.07, 6.45) is -43.9. The normalized spacial score (nSPS) is 45.5. The minimum Gasteiger partial charge on any atom is -0.477 e. The predicted molar refractivity (Wildman–Crippen MR) is 217 cm³/mol. The number of aliphatic hydroxyl groups excluding tert-OH is 14. The zero-order valence-corrected chi connectivity index (χ0v) is 38.0. The van der Waals surface area contributed by atoms with E-state index in [1.165, 1.54) is 6.92 Å². The lowest BCUT2D eigenvalue weighted by molar-refractivity contribution is -0.397. The highest BCUT2D eigenvalue weighted by Gasteiger charge is 2.59. The Bertz CT molecular complexity index is 1760. The van der Waals surface area contributed by atoms with E-state index in [4.69, 9.17) is 42.6 Å². The molecular formula is C39H65N3O28. The third-order valence-electron chi connectivity index (χ3n) is 12.5. The SMILES string of the molecule is CC(=O)N[C@@H]1[C@@H](O[C@@H]2O[C@H](CO)[C@H](O)[C@H](O[C@H]3O[C@H](CO)[C@H](O)[C@H](O)[C@H]3NC(C)=O)[C@H]2O[C@@H]2O[C@@H](C)[C@@H](O)[C@@H](O)[C@@H]2O)[C@@H](O)[C@@H](CO[C@]2(C(=O)O)C[C@H](O)[C@@H](NC(C)=O)[C@H]([C@H](O)[C@H](O)CO)O2)O[C@@H]1O. The van der Waals surface area contributed by atoms with Crippen LogP contribution in [0.1, 0.15) is 34.1 Å². The van der Waals surface area contributed by atoms with Crippen molar-refractivity contribution in [2.75, 3.05) is 26.4 Å². The van der Waals surface area contributed by atoms with Crippen LogP contribution in [-0.4, -0.2) is 286 Å². The van der Waals surface area contributed by atoms with Crippen LogP contribution in [0.3, 0.4) is 0 Å². The standard InChI is InChI=1S/C39H65N3O28/c1-10-22(51)28(57)29(58)36(63-10)69-33-32(68-35-20(41-12(3)47)27(56)24(53)16(7-44)65-35)25(54)17(8-45)66-37(33)67-30-21(42-13(4)48)34(59)64-18(26(30)55)9-62-39(38(60)61)5-14(49)19(40-11(2)46)31(70-39)23(52)15(50)6-43/h10,14-37,43-45,49-59H,5-9H2,1-4H3,(H,40,46)(H,41,47)(H,42,48)(H,60,61)/t10-,14-,15+,16+,17+,18+,19+,20+,21+,22+,23+,24-,25-,26-,27+,28+,29-,30+,31+,32-,33+,34-,35+,36-,37-,39+/m0/s1. The van der Waals surface area contributed by atoms with Crippen LogP contribution in [0.5, 0.6) is 0 Å². The maximum absolute atomic E-state index is 12.9. The summed E-state index contributed by atoms with van der Waals surface area (Å²) in [4.78, 5) is 49.7. The summed E-state index contributed by atoms with van der Waals surface area (Å²) < 4.78 is 52.3. The van der Waals surface area contributed by atoms with Gasteiger partial charge in [-0.25, -0.2) is 4.79 Å². The van der Waals surface area contributed by atoms with E-state index in [1.807, 2.05) is 0 Å². The Kier molecular flexibility index (Phi) is 20.1. The number of carbonyl (C=O) groups is 4. The summed E-state index contributed by atoms with van der Waals surface area (Å²) in [5.41, 5.74) is 0. The maximum atomic E-state index is 12.9. The van der Waals surface area contributed by atoms with Crippen molar-refractivity contribution in [1.29, 1.82) is 0 Å². The fourth-order valence-electron chi connectivity index (χ4n) is 8.74. The zero-order chi connectivity index (χ0) is 52.3. The van der Waals surface area contributed by atoms with E-state index in [2.05, 4.69) is 16.0 Å². The summed E-state index contributed by atoms with van der Waals surface area (Å²) >= 11 is 0. The Morgan fingerprint density at radius 3 is 1.70 bits per heavy atom. The first-order chi connectivity index (χ1) is 32.8. The fraction of sp³-hybridized carbons (Fsp3) is 0.897. The molecule has 0 aliphatic carbocycles. The second kappa shape index (κ2) is 24.3. The molecule has 5 rings (SSSR count). The molecule has 0 bridgehead atoms. The highest BCUT2D eigenvalue weighted by atomic mass is 16.8. The number of rotatable bonds is 18. The molecule has 404 valence electrons. The summed E-state index contributed by atoms with van der Waals surface area (Å²) in [5.74, 6) is -7.43. The van der Waals surface area contributed by atoms with Gasteiger partial charge in [0.05, 0.1) is 44.7 Å². The van der Waals surface area contributed by atoms with Crippen LogP contribution in [0.4, 0.5) is 0 Å². The molecule has 31 heteroatoms. The monoisotopic (exact) mass is 1020 g/mol. The molecule has 0 saturated carbocycles. The quantitative estimate of drug-likeness (QED) is 0.0606. The van der Waals surface area contributed by atoms with Gasteiger partial charge in [0.15, 0.2) is 25.2 Å². The van der Waals surface area contributed by atoms with Gasteiger partial charge in [-0.2, -0.15) is 0 Å². The Labute approximate surface area is 397 Å². The molecular weight excluding hydrogens is 958 g/mol. The number of aliphatic hydroxyl groups is 14. The van der Waals surface area contributed by atoms with Crippen molar-refractivity contribution < 1.29 is 138 Å². The molecule has 18 N–H and O–H groups in total. The number of carbonyl (C=O) groups excluding carboxylic acids is 3. The number of aliphatic carboxylic acids is 1. The van der Waals surface area contributed by atoms with E-state index < -0.39 is 215 Å². The average Bonchev–Trinajstić information content (AvgIpc) is 3.30. The van der Waals surface area contributed by atoms with Crippen molar-refractivity contribution in [3.63, 3.8) is 0 Å². The summed E-state index contributed by atoms with van der Waals surface area (Å²) in [5, 5.41) is 168. The molecule has 0 aromatic rings.